The van der Waals surface area contributed by atoms with Crippen molar-refractivity contribution in [2.45, 2.75) is 12.8 Å². The number of hydrazine groups is 1. The van der Waals surface area contributed by atoms with Crippen LogP contribution in [0.1, 0.15) is 43.9 Å². The van der Waals surface area contributed by atoms with Crippen LogP contribution in [-0.2, 0) is 28.6 Å². The molecule has 0 bridgehead atoms. The summed E-state index contributed by atoms with van der Waals surface area (Å²) in [4.78, 5) is 71.7. The Balaban J connectivity index is 1.62. The number of rotatable bonds is 7. The van der Waals surface area contributed by atoms with E-state index in [1.54, 1.807) is 0 Å². The average Bonchev–Trinajstić information content (AvgIpc) is 2.87. The van der Waals surface area contributed by atoms with Crippen molar-refractivity contribution in [3.05, 3.63) is 59.2 Å². The highest BCUT2D eigenvalue weighted by Gasteiger charge is 2.24. The van der Waals surface area contributed by atoms with Crippen LogP contribution in [0.2, 0.25) is 0 Å². The molecular weight excluding hydrogens is 462 g/mol. The van der Waals surface area contributed by atoms with E-state index in [1.165, 1.54) is 42.5 Å². The van der Waals surface area contributed by atoms with Crippen molar-refractivity contribution in [1.29, 1.82) is 0 Å². The third kappa shape index (κ3) is 6.19. The quantitative estimate of drug-likeness (QED) is 0.436. The van der Waals surface area contributed by atoms with Gasteiger partial charge in [-0.05, 0) is 42.5 Å². The highest BCUT2D eigenvalue weighted by atomic mass is 16.5. The molecule has 1 aliphatic heterocycles. The summed E-state index contributed by atoms with van der Waals surface area (Å²) < 4.78 is 14.3. The average molecular weight is 483 g/mol. The van der Waals surface area contributed by atoms with E-state index in [9.17, 15) is 28.8 Å². The molecule has 1 heterocycles. The standard InChI is InChI=1S/C23H21N3O9/c1-33-21(30)14-9-15(22(31)34-2)11-16(10-14)24-19(28)12-35-23(32)13-3-5-17(6-4-13)26-20(29)8-7-18(27)25-26/h3-6,9-11H,7-8,12H2,1-2H3,(H,24,28)(H,25,27). The molecule has 2 aromatic rings. The minimum atomic E-state index is -0.806. The Morgan fingerprint density at radius 3 is 2.03 bits per heavy atom. The van der Waals surface area contributed by atoms with E-state index in [0.717, 1.165) is 19.2 Å². The van der Waals surface area contributed by atoms with Gasteiger partial charge in [-0.3, -0.25) is 19.8 Å². The molecule has 0 saturated carbocycles. The maximum absolute atomic E-state index is 12.3. The van der Waals surface area contributed by atoms with Crippen LogP contribution in [0.25, 0.3) is 0 Å². The van der Waals surface area contributed by atoms with Crippen LogP contribution in [0.3, 0.4) is 0 Å². The lowest BCUT2D eigenvalue weighted by atomic mass is 10.1. The molecule has 0 atom stereocenters. The van der Waals surface area contributed by atoms with Crippen LogP contribution in [0.15, 0.2) is 42.5 Å². The fraction of sp³-hybridized carbons (Fsp3) is 0.217. The first-order chi connectivity index (χ1) is 16.7. The second kappa shape index (κ2) is 10.9. The Labute approximate surface area is 199 Å². The number of carbonyl (C=O) groups excluding carboxylic acids is 6. The number of nitrogens with zero attached hydrogens (tertiary/aromatic N) is 1. The van der Waals surface area contributed by atoms with Gasteiger partial charge in [0.05, 0.1) is 36.6 Å². The SMILES string of the molecule is COC(=O)c1cc(NC(=O)COC(=O)c2ccc(N3NC(=O)CCC3=O)cc2)cc(C(=O)OC)c1. The van der Waals surface area contributed by atoms with Gasteiger partial charge in [0.2, 0.25) is 11.8 Å². The van der Waals surface area contributed by atoms with E-state index in [-0.39, 0.29) is 47.0 Å². The lowest BCUT2D eigenvalue weighted by Gasteiger charge is -2.27. The Bertz CT molecular complexity index is 1160. The van der Waals surface area contributed by atoms with E-state index < -0.39 is 30.4 Å². The number of anilines is 2. The zero-order valence-corrected chi connectivity index (χ0v) is 18.8. The maximum atomic E-state index is 12.3. The van der Waals surface area contributed by atoms with E-state index in [2.05, 4.69) is 20.2 Å². The lowest BCUT2D eigenvalue weighted by Crippen LogP contribution is -2.50. The summed E-state index contributed by atoms with van der Waals surface area (Å²) in [7, 11) is 2.33. The van der Waals surface area contributed by atoms with Crippen molar-refractivity contribution < 1.29 is 43.0 Å². The number of hydrogen-bond donors (Lipinski definition) is 2. The summed E-state index contributed by atoms with van der Waals surface area (Å²) in [5, 5.41) is 3.53. The van der Waals surface area contributed by atoms with Gasteiger partial charge < -0.3 is 19.5 Å². The van der Waals surface area contributed by atoms with Crippen molar-refractivity contribution in [1.82, 2.24) is 5.43 Å². The normalized spacial score (nSPS) is 12.9. The van der Waals surface area contributed by atoms with Gasteiger partial charge in [-0.15, -0.1) is 0 Å². The van der Waals surface area contributed by atoms with Crippen molar-refractivity contribution >= 4 is 47.0 Å². The van der Waals surface area contributed by atoms with Gasteiger partial charge in [0.25, 0.3) is 5.91 Å². The molecule has 0 unspecified atom stereocenters. The minimum absolute atomic E-state index is 0.00571. The van der Waals surface area contributed by atoms with Crippen LogP contribution in [0, 0.1) is 0 Å². The summed E-state index contributed by atoms with van der Waals surface area (Å²) in [6.07, 6.45) is 0.188. The number of hydrogen-bond acceptors (Lipinski definition) is 9. The third-order valence-corrected chi connectivity index (χ3v) is 4.81. The van der Waals surface area contributed by atoms with Gasteiger partial charge in [0, 0.05) is 18.5 Å². The molecule has 0 radical (unpaired) electrons. The number of carbonyl (C=O) groups is 6. The summed E-state index contributed by atoms with van der Waals surface area (Å²) in [6.45, 7) is -0.655. The van der Waals surface area contributed by atoms with Gasteiger partial charge in [0.15, 0.2) is 6.61 Å². The molecule has 1 fully saturated rings. The van der Waals surface area contributed by atoms with Crippen LogP contribution >= 0.6 is 0 Å². The molecule has 0 aliphatic carbocycles. The predicted octanol–water partition coefficient (Wildman–Crippen LogP) is 1.21. The molecule has 3 amide bonds. The van der Waals surface area contributed by atoms with Gasteiger partial charge in [-0.1, -0.05) is 0 Å². The fourth-order valence-electron chi connectivity index (χ4n) is 3.11. The Morgan fingerprint density at radius 2 is 1.46 bits per heavy atom. The van der Waals surface area contributed by atoms with E-state index in [0.29, 0.717) is 5.69 Å². The van der Waals surface area contributed by atoms with Gasteiger partial charge in [-0.2, -0.15) is 0 Å². The third-order valence-electron chi connectivity index (χ3n) is 4.81. The number of ether oxygens (including phenoxy) is 3. The highest BCUT2D eigenvalue weighted by Crippen LogP contribution is 2.19. The van der Waals surface area contributed by atoms with Gasteiger partial charge in [-0.25, -0.2) is 19.4 Å². The fourth-order valence-corrected chi connectivity index (χ4v) is 3.11. The van der Waals surface area contributed by atoms with Gasteiger partial charge >= 0.3 is 17.9 Å². The van der Waals surface area contributed by atoms with Crippen molar-refractivity contribution in [2.75, 3.05) is 31.2 Å². The molecule has 35 heavy (non-hydrogen) atoms. The predicted molar refractivity (Wildman–Crippen MR) is 119 cm³/mol. The number of amides is 3. The molecule has 1 saturated heterocycles. The Kier molecular flexibility index (Phi) is 7.77. The van der Waals surface area contributed by atoms with Crippen molar-refractivity contribution in [3.8, 4) is 0 Å². The first-order valence-corrected chi connectivity index (χ1v) is 10.2. The lowest BCUT2D eigenvalue weighted by molar-refractivity contribution is -0.130. The van der Waals surface area contributed by atoms with Crippen LogP contribution < -0.4 is 15.8 Å². The van der Waals surface area contributed by atoms with Crippen LogP contribution in [0.5, 0.6) is 0 Å². The van der Waals surface area contributed by atoms with E-state index >= 15 is 0 Å². The number of nitrogens with one attached hydrogen (secondary N) is 2. The van der Waals surface area contributed by atoms with E-state index in [1.807, 2.05) is 0 Å². The highest BCUT2D eigenvalue weighted by molar-refractivity contribution is 6.02. The smallest absolute Gasteiger partial charge is 0.338 e. The molecular formula is C23H21N3O9. The van der Waals surface area contributed by atoms with Crippen LogP contribution in [0.4, 0.5) is 11.4 Å². The van der Waals surface area contributed by atoms with Crippen molar-refractivity contribution in [2.24, 2.45) is 0 Å². The molecule has 12 nitrogen and oxygen atoms in total. The molecule has 2 N–H and O–H groups in total. The Morgan fingerprint density at radius 1 is 0.857 bits per heavy atom. The molecule has 3 rings (SSSR count). The summed E-state index contributed by atoms with van der Waals surface area (Å²) in [6, 6.07) is 9.49. The number of esters is 3. The first-order valence-electron chi connectivity index (χ1n) is 10.2. The maximum Gasteiger partial charge on any atom is 0.338 e. The zero-order valence-electron chi connectivity index (χ0n) is 18.8. The van der Waals surface area contributed by atoms with Gasteiger partial charge in [0.1, 0.15) is 0 Å². The molecule has 0 aromatic heterocycles. The van der Waals surface area contributed by atoms with Crippen molar-refractivity contribution in [3.63, 3.8) is 0 Å². The second-order valence-corrected chi connectivity index (χ2v) is 7.22. The molecule has 1 aliphatic rings. The number of benzene rings is 2. The topological polar surface area (TPSA) is 157 Å². The minimum Gasteiger partial charge on any atom is -0.465 e. The monoisotopic (exact) mass is 483 g/mol. The summed E-state index contributed by atoms with van der Waals surface area (Å²) >= 11 is 0. The summed E-state index contributed by atoms with van der Waals surface area (Å²) in [5.74, 6) is -3.58. The van der Waals surface area contributed by atoms with E-state index in [4.69, 9.17) is 4.74 Å². The summed E-state index contributed by atoms with van der Waals surface area (Å²) in [5.41, 5.74) is 3.02. The molecule has 2 aromatic carbocycles. The number of methoxy groups -OCH3 is 2. The largest absolute Gasteiger partial charge is 0.465 e. The molecule has 12 heteroatoms. The first kappa shape index (κ1) is 24.9. The molecule has 182 valence electrons. The van der Waals surface area contributed by atoms with Crippen LogP contribution in [-0.4, -0.2) is 56.5 Å². The zero-order chi connectivity index (χ0) is 25.5. The molecule has 0 spiro atoms. The second-order valence-electron chi connectivity index (χ2n) is 7.22. The Hall–Kier alpha value is -4.74.